The van der Waals surface area contributed by atoms with Gasteiger partial charge in [-0.25, -0.2) is 0 Å². The molecule has 0 saturated carbocycles. The molecule has 2 aliphatic rings. The number of piperidine rings is 2. The van der Waals surface area contributed by atoms with E-state index in [0.29, 0.717) is 31.7 Å². The van der Waals surface area contributed by atoms with Gasteiger partial charge in [0.25, 0.3) is 5.91 Å². The first kappa shape index (κ1) is 23.3. The Balaban J connectivity index is 1.49. The minimum Gasteiger partial charge on any atom is -0.353 e. The maximum atomic E-state index is 12.9. The van der Waals surface area contributed by atoms with Gasteiger partial charge in [-0.15, -0.1) is 0 Å². The predicted octanol–water partition coefficient (Wildman–Crippen LogP) is 3.39. The smallest absolute Gasteiger partial charge is 0.253 e. The van der Waals surface area contributed by atoms with Crippen LogP contribution in [0.2, 0.25) is 0 Å². The lowest BCUT2D eigenvalue weighted by Gasteiger charge is -2.36. The summed E-state index contributed by atoms with van der Waals surface area (Å²) in [7, 11) is 0. The third kappa shape index (κ3) is 5.86. The zero-order valence-electron chi connectivity index (χ0n) is 19.2. The Hall–Kier alpha value is -2.37. The van der Waals surface area contributed by atoms with Crippen molar-refractivity contribution in [3.63, 3.8) is 0 Å². The summed E-state index contributed by atoms with van der Waals surface area (Å²) in [5, 5.41) is 3.20. The van der Waals surface area contributed by atoms with Gasteiger partial charge >= 0.3 is 0 Å². The summed E-state index contributed by atoms with van der Waals surface area (Å²) >= 11 is 0. The summed E-state index contributed by atoms with van der Waals surface area (Å²) in [6.07, 6.45) is 5.03. The molecule has 0 bridgehead atoms. The summed E-state index contributed by atoms with van der Waals surface area (Å²) in [6.45, 7) is 8.73. The largest absolute Gasteiger partial charge is 0.353 e. The van der Waals surface area contributed by atoms with E-state index in [1.54, 1.807) is 0 Å². The second-order valence-electron chi connectivity index (χ2n) is 9.08. The highest BCUT2D eigenvalue weighted by Crippen LogP contribution is 2.21. The Kier molecular flexibility index (Phi) is 8.10. The number of amides is 3. The van der Waals surface area contributed by atoms with Gasteiger partial charge in [0.1, 0.15) is 0 Å². The van der Waals surface area contributed by atoms with E-state index in [9.17, 15) is 14.4 Å². The number of hydrogen-bond acceptors (Lipinski definition) is 3. The van der Waals surface area contributed by atoms with Crippen molar-refractivity contribution < 1.29 is 14.4 Å². The van der Waals surface area contributed by atoms with Gasteiger partial charge in [-0.1, -0.05) is 31.5 Å². The maximum absolute atomic E-state index is 12.9. The third-order valence-electron chi connectivity index (χ3n) is 6.87. The summed E-state index contributed by atoms with van der Waals surface area (Å²) < 4.78 is 0. The van der Waals surface area contributed by atoms with E-state index in [4.69, 9.17) is 0 Å². The normalized spacial score (nSPS) is 20.1. The summed E-state index contributed by atoms with van der Waals surface area (Å²) in [6, 6.07) is 7.72. The molecule has 3 rings (SSSR count). The van der Waals surface area contributed by atoms with Crippen molar-refractivity contribution in [3.8, 4) is 0 Å². The monoisotopic (exact) mass is 427 g/mol. The van der Waals surface area contributed by atoms with Crippen LogP contribution in [0.1, 0.15) is 68.3 Å². The maximum Gasteiger partial charge on any atom is 0.253 e. The molecule has 0 radical (unpaired) electrons. The minimum atomic E-state index is -0.160. The third-order valence-corrected chi connectivity index (χ3v) is 6.87. The van der Waals surface area contributed by atoms with Gasteiger partial charge in [0.05, 0.1) is 5.92 Å². The molecule has 31 heavy (non-hydrogen) atoms. The van der Waals surface area contributed by atoms with E-state index in [0.717, 1.165) is 44.1 Å². The molecule has 2 saturated heterocycles. The number of benzene rings is 1. The van der Waals surface area contributed by atoms with Crippen LogP contribution in [-0.2, 0) is 9.59 Å². The first-order valence-electron chi connectivity index (χ1n) is 11.9. The minimum absolute atomic E-state index is 0.00530. The van der Waals surface area contributed by atoms with Gasteiger partial charge in [-0.3, -0.25) is 14.4 Å². The van der Waals surface area contributed by atoms with Gasteiger partial charge in [0, 0.05) is 43.7 Å². The van der Waals surface area contributed by atoms with Crippen LogP contribution in [0.15, 0.2) is 24.3 Å². The van der Waals surface area contributed by atoms with Crippen LogP contribution in [0.3, 0.4) is 0 Å². The lowest BCUT2D eigenvalue weighted by molar-refractivity contribution is -0.137. The Bertz CT molecular complexity index is 765. The zero-order chi connectivity index (χ0) is 22.4. The number of rotatable bonds is 6. The van der Waals surface area contributed by atoms with Crippen molar-refractivity contribution in [3.05, 3.63) is 35.4 Å². The Morgan fingerprint density at radius 3 is 2.23 bits per heavy atom. The van der Waals surface area contributed by atoms with Crippen LogP contribution in [0, 0.1) is 18.8 Å². The van der Waals surface area contributed by atoms with Crippen molar-refractivity contribution >= 4 is 17.7 Å². The van der Waals surface area contributed by atoms with E-state index >= 15 is 0 Å². The molecule has 1 aromatic carbocycles. The fourth-order valence-corrected chi connectivity index (χ4v) is 4.71. The van der Waals surface area contributed by atoms with E-state index in [2.05, 4.69) is 19.2 Å². The molecule has 170 valence electrons. The van der Waals surface area contributed by atoms with Gasteiger partial charge < -0.3 is 15.1 Å². The molecule has 3 amide bonds. The molecule has 2 aliphatic heterocycles. The van der Waals surface area contributed by atoms with Crippen molar-refractivity contribution in [1.29, 1.82) is 0 Å². The Morgan fingerprint density at radius 1 is 0.968 bits per heavy atom. The fourth-order valence-electron chi connectivity index (χ4n) is 4.71. The van der Waals surface area contributed by atoms with Gasteiger partial charge in [0.2, 0.25) is 11.8 Å². The van der Waals surface area contributed by atoms with E-state index in [1.165, 1.54) is 0 Å². The Morgan fingerprint density at radius 2 is 1.61 bits per heavy atom. The van der Waals surface area contributed by atoms with E-state index in [-0.39, 0.29) is 35.6 Å². The first-order valence-corrected chi connectivity index (χ1v) is 11.9. The molecule has 0 spiro atoms. The number of likely N-dealkylation sites (tertiary alicyclic amines) is 2. The van der Waals surface area contributed by atoms with Crippen molar-refractivity contribution in [2.75, 3.05) is 26.2 Å². The molecule has 2 fully saturated rings. The number of nitrogens with zero attached hydrogens (tertiary/aromatic N) is 2. The molecule has 6 nitrogen and oxygen atoms in total. The van der Waals surface area contributed by atoms with Crippen LogP contribution < -0.4 is 5.32 Å². The van der Waals surface area contributed by atoms with E-state index < -0.39 is 0 Å². The predicted molar refractivity (Wildman–Crippen MR) is 122 cm³/mol. The van der Waals surface area contributed by atoms with Crippen LogP contribution in [-0.4, -0.2) is 59.7 Å². The van der Waals surface area contributed by atoms with Gasteiger partial charge in [0.15, 0.2) is 0 Å². The average Bonchev–Trinajstić information content (AvgIpc) is 2.80. The highest BCUT2D eigenvalue weighted by atomic mass is 16.2. The molecular formula is C25H37N3O3. The lowest BCUT2D eigenvalue weighted by atomic mass is 9.94. The number of carbonyl (C=O) groups excluding carboxylic acids is 3. The van der Waals surface area contributed by atoms with Crippen molar-refractivity contribution in [2.24, 2.45) is 11.8 Å². The molecule has 0 aliphatic carbocycles. The standard InChI is InChI=1S/C25H37N3O3/c1-4-19(5-2)24(30)27-15-12-22(13-16-27)26-23(29)21-7-6-14-28(17-21)25(31)20-10-8-18(3)9-11-20/h8-11,19,21-22H,4-7,12-17H2,1-3H3,(H,26,29). The quantitative estimate of drug-likeness (QED) is 0.757. The molecular weight excluding hydrogens is 390 g/mol. The van der Waals surface area contributed by atoms with Gasteiger partial charge in [-0.05, 0) is 57.6 Å². The molecule has 6 heteroatoms. The highest BCUT2D eigenvalue weighted by molar-refractivity contribution is 5.94. The van der Waals surface area contributed by atoms with E-state index in [1.807, 2.05) is 41.0 Å². The molecule has 1 aromatic rings. The van der Waals surface area contributed by atoms with Crippen LogP contribution in [0.5, 0.6) is 0 Å². The highest BCUT2D eigenvalue weighted by Gasteiger charge is 2.32. The van der Waals surface area contributed by atoms with Crippen LogP contribution in [0.4, 0.5) is 0 Å². The molecule has 0 aromatic heterocycles. The molecule has 1 atom stereocenters. The van der Waals surface area contributed by atoms with Gasteiger partial charge in [-0.2, -0.15) is 0 Å². The summed E-state index contributed by atoms with van der Waals surface area (Å²) in [5.41, 5.74) is 1.81. The second-order valence-corrected chi connectivity index (χ2v) is 9.08. The number of nitrogens with one attached hydrogen (secondary N) is 1. The molecule has 1 N–H and O–H groups in total. The summed E-state index contributed by atoms with van der Waals surface area (Å²) in [4.78, 5) is 42.1. The average molecular weight is 428 g/mol. The second kappa shape index (κ2) is 10.8. The number of hydrogen-bond donors (Lipinski definition) is 1. The van der Waals surface area contributed by atoms with Crippen molar-refractivity contribution in [1.82, 2.24) is 15.1 Å². The molecule has 2 heterocycles. The van der Waals surface area contributed by atoms with Crippen molar-refractivity contribution in [2.45, 2.75) is 65.3 Å². The first-order chi connectivity index (χ1) is 14.9. The summed E-state index contributed by atoms with van der Waals surface area (Å²) in [5.74, 6) is 0.266. The number of carbonyl (C=O) groups is 3. The fraction of sp³-hybridized carbons (Fsp3) is 0.640. The Labute approximate surface area is 186 Å². The molecule has 1 unspecified atom stereocenters. The SMILES string of the molecule is CCC(CC)C(=O)N1CCC(NC(=O)C2CCCN(C(=O)c3ccc(C)cc3)C2)CC1. The van der Waals surface area contributed by atoms with Crippen LogP contribution in [0.25, 0.3) is 0 Å². The van der Waals surface area contributed by atoms with Crippen LogP contribution >= 0.6 is 0 Å². The zero-order valence-corrected chi connectivity index (χ0v) is 19.2. The number of aryl methyl sites for hydroxylation is 1. The topological polar surface area (TPSA) is 69.7 Å². The lowest BCUT2D eigenvalue weighted by Crippen LogP contribution is -2.51.